The Morgan fingerprint density at radius 1 is 1.43 bits per heavy atom. The molecule has 0 aliphatic carbocycles. The maximum absolute atomic E-state index is 12.0. The van der Waals surface area contributed by atoms with Crippen molar-refractivity contribution in [3.63, 3.8) is 0 Å². The summed E-state index contributed by atoms with van der Waals surface area (Å²) in [6, 6.07) is 0. The minimum Gasteiger partial charge on any atom is -0.492 e. The van der Waals surface area contributed by atoms with E-state index in [0.717, 1.165) is 30.3 Å². The average Bonchev–Trinajstić information content (AvgIpc) is 2.66. The molecule has 4 nitrogen and oxygen atoms in total. The minimum atomic E-state index is 0.0894. The van der Waals surface area contributed by atoms with Crippen molar-refractivity contribution in [2.75, 3.05) is 36.6 Å². The number of rotatable bonds is 4. The normalized spacial score (nSPS) is 18.4. The molecule has 2 heterocycles. The van der Waals surface area contributed by atoms with Crippen LogP contribution >= 0.6 is 23.1 Å². The number of nitrogens with two attached hydrogens (primary N) is 1. The molecular weight excluding hydrogens is 304 g/mol. The van der Waals surface area contributed by atoms with Gasteiger partial charge in [0.05, 0.1) is 17.7 Å². The van der Waals surface area contributed by atoms with Gasteiger partial charge in [-0.2, -0.15) is 11.8 Å². The number of thiophene rings is 1. The smallest absolute Gasteiger partial charge is 0.177 e. The van der Waals surface area contributed by atoms with Crippen molar-refractivity contribution in [1.29, 1.82) is 0 Å². The number of carbonyl (C=O) groups excluding carboxylic acids is 1. The molecule has 2 rings (SSSR count). The molecule has 1 aliphatic rings. The fraction of sp³-hybridized carbons (Fsp3) is 0.667. The standard InChI is InChI=1S/C15H24N2O2S2/c1-5-10(18)13-11(16)12(19-4)14(21-13)17-7-6-15(2,3)20-9-8-17/h5-9,16H2,1-4H3. The van der Waals surface area contributed by atoms with E-state index in [4.69, 9.17) is 10.5 Å². The number of nitrogens with zero attached hydrogens (tertiary/aromatic N) is 1. The number of anilines is 2. The van der Waals surface area contributed by atoms with Crippen molar-refractivity contribution in [1.82, 2.24) is 0 Å². The van der Waals surface area contributed by atoms with E-state index >= 15 is 0 Å². The molecule has 0 saturated carbocycles. The van der Waals surface area contributed by atoms with Gasteiger partial charge in [0.15, 0.2) is 11.5 Å². The predicted molar refractivity (Wildman–Crippen MR) is 93.3 cm³/mol. The third kappa shape index (κ3) is 3.48. The summed E-state index contributed by atoms with van der Waals surface area (Å²) in [7, 11) is 1.62. The Kier molecular flexibility index (Phi) is 5.09. The number of methoxy groups -OCH3 is 1. The van der Waals surface area contributed by atoms with Gasteiger partial charge in [-0.1, -0.05) is 20.8 Å². The van der Waals surface area contributed by atoms with Crippen LogP contribution in [0.3, 0.4) is 0 Å². The molecule has 2 N–H and O–H groups in total. The maximum atomic E-state index is 12.0. The largest absolute Gasteiger partial charge is 0.492 e. The first kappa shape index (κ1) is 16.5. The van der Waals surface area contributed by atoms with Crippen LogP contribution in [0.5, 0.6) is 5.75 Å². The predicted octanol–water partition coefficient (Wildman–Crippen LogP) is 3.65. The highest BCUT2D eigenvalue weighted by atomic mass is 32.2. The van der Waals surface area contributed by atoms with E-state index in [1.165, 1.54) is 11.3 Å². The Balaban J connectivity index is 2.32. The second-order valence-electron chi connectivity index (χ2n) is 5.81. The third-order valence-electron chi connectivity index (χ3n) is 3.79. The van der Waals surface area contributed by atoms with E-state index in [0.29, 0.717) is 27.5 Å². The first-order valence-electron chi connectivity index (χ1n) is 7.28. The van der Waals surface area contributed by atoms with Crippen LogP contribution in [0.1, 0.15) is 43.3 Å². The third-order valence-corrected chi connectivity index (χ3v) is 6.45. The van der Waals surface area contributed by atoms with Crippen molar-refractivity contribution < 1.29 is 9.53 Å². The molecule has 21 heavy (non-hydrogen) atoms. The minimum absolute atomic E-state index is 0.0894. The first-order chi connectivity index (χ1) is 9.89. The van der Waals surface area contributed by atoms with Crippen molar-refractivity contribution in [2.45, 2.75) is 38.4 Å². The SMILES string of the molecule is CCC(=O)c1sc(N2CCSC(C)(C)CC2)c(OC)c1N. The summed E-state index contributed by atoms with van der Waals surface area (Å²) in [5.74, 6) is 1.83. The van der Waals surface area contributed by atoms with Gasteiger partial charge in [0, 0.05) is 30.0 Å². The van der Waals surface area contributed by atoms with Gasteiger partial charge < -0.3 is 15.4 Å². The topological polar surface area (TPSA) is 55.6 Å². The lowest BCUT2D eigenvalue weighted by atomic mass is 10.1. The van der Waals surface area contributed by atoms with Crippen LogP contribution in [-0.4, -0.2) is 36.5 Å². The molecule has 118 valence electrons. The number of hydrogen-bond acceptors (Lipinski definition) is 6. The fourth-order valence-electron chi connectivity index (χ4n) is 2.41. The number of carbonyl (C=O) groups is 1. The van der Waals surface area contributed by atoms with Crippen LogP contribution in [0.25, 0.3) is 0 Å². The molecule has 1 fully saturated rings. The summed E-state index contributed by atoms with van der Waals surface area (Å²) in [6.45, 7) is 8.36. The highest BCUT2D eigenvalue weighted by molar-refractivity contribution is 8.00. The molecule has 1 aliphatic heterocycles. The molecular formula is C15H24N2O2S2. The van der Waals surface area contributed by atoms with Crippen LogP contribution in [0, 0.1) is 0 Å². The monoisotopic (exact) mass is 328 g/mol. The zero-order chi connectivity index (χ0) is 15.6. The first-order valence-corrected chi connectivity index (χ1v) is 9.08. The van der Waals surface area contributed by atoms with Gasteiger partial charge in [0.1, 0.15) is 5.00 Å². The molecule has 1 aromatic rings. The number of hydrogen-bond donors (Lipinski definition) is 1. The Bertz CT molecular complexity index is 526. The molecule has 0 unspecified atom stereocenters. The number of Topliss-reactive ketones (excluding diaryl/α,β-unsaturated/α-hetero) is 1. The summed E-state index contributed by atoms with van der Waals surface area (Å²) in [5, 5.41) is 1.00. The Labute approximate surface area is 135 Å². The highest BCUT2D eigenvalue weighted by Gasteiger charge is 2.28. The van der Waals surface area contributed by atoms with Gasteiger partial charge in [-0.15, -0.1) is 11.3 Å². The average molecular weight is 329 g/mol. The molecule has 6 heteroatoms. The molecule has 0 atom stereocenters. The van der Waals surface area contributed by atoms with Gasteiger partial charge in [-0.3, -0.25) is 4.79 Å². The number of nitrogen functional groups attached to an aromatic ring is 1. The van der Waals surface area contributed by atoms with Crippen LogP contribution < -0.4 is 15.4 Å². The summed E-state index contributed by atoms with van der Waals surface area (Å²) in [6.07, 6.45) is 1.58. The van der Waals surface area contributed by atoms with Gasteiger partial charge in [0.2, 0.25) is 0 Å². The maximum Gasteiger partial charge on any atom is 0.177 e. The lowest BCUT2D eigenvalue weighted by Crippen LogP contribution is -2.26. The van der Waals surface area contributed by atoms with Crippen molar-refractivity contribution in [3.8, 4) is 5.75 Å². The van der Waals surface area contributed by atoms with Gasteiger partial charge in [0.25, 0.3) is 0 Å². The van der Waals surface area contributed by atoms with Crippen molar-refractivity contribution >= 4 is 39.6 Å². The zero-order valence-electron chi connectivity index (χ0n) is 13.2. The van der Waals surface area contributed by atoms with Gasteiger partial charge >= 0.3 is 0 Å². The lowest BCUT2D eigenvalue weighted by Gasteiger charge is -2.23. The summed E-state index contributed by atoms with van der Waals surface area (Å²) in [4.78, 5) is 15.0. The highest BCUT2D eigenvalue weighted by Crippen LogP contribution is 2.46. The van der Waals surface area contributed by atoms with E-state index in [-0.39, 0.29) is 5.78 Å². The summed E-state index contributed by atoms with van der Waals surface area (Å²) >= 11 is 3.48. The fourth-order valence-corrected chi connectivity index (χ4v) is 4.76. The quantitative estimate of drug-likeness (QED) is 0.855. The number of thioether (sulfide) groups is 1. The zero-order valence-corrected chi connectivity index (χ0v) is 14.8. The van der Waals surface area contributed by atoms with Crippen LogP contribution in [-0.2, 0) is 0 Å². The molecule has 0 bridgehead atoms. The number of ketones is 1. The van der Waals surface area contributed by atoms with E-state index in [9.17, 15) is 4.79 Å². The van der Waals surface area contributed by atoms with Gasteiger partial charge in [-0.05, 0) is 6.42 Å². The lowest BCUT2D eigenvalue weighted by molar-refractivity contribution is 0.0992. The molecule has 1 aromatic heterocycles. The van der Waals surface area contributed by atoms with Gasteiger partial charge in [-0.25, -0.2) is 0 Å². The molecule has 0 amide bonds. The second kappa shape index (κ2) is 6.48. The van der Waals surface area contributed by atoms with Crippen LogP contribution in [0.15, 0.2) is 0 Å². The van der Waals surface area contributed by atoms with Crippen molar-refractivity contribution in [3.05, 3.63) is 4.88 Å². The summed E-state index contributed by atoms with van der Waals surface area (Å²) in [5.41, 5.74) is 6.62. The number of ether oxygens (including phenoxy) is 1. The second-order valence-corrected chi connectivity index (χ2v) is 8.61. The van der Waals surface area contributed by atoms with E-state index in [2.05, 4.69) is 18.7 Å². The molecule has 0 radical (unpaired) electrons. The van der Waals surface area contributed by atoms with E-state index < -0.39 is 0 Å². The van der Waals surface area contributed by atoms with Crippen LogP contribution in [0.2, 0.25) is 0 Å². The summed E-state index contributed by atoms with van der Waals surface area (Å²) < 4.78 is 5.78. The van der Waals surface area contributed by atoms with Crippen LogP contribution in [0.4, 0.5) is 10.7 Å². The Morgan fingerprint density at radius 2 is 2.14 bits per heavy atom. The van der Waals surface area contributed by atoms with E-state index in [1.807, 2.05) is 18.7 Å². The van der Waals surface area contributed by atoms with Crippen molar-refractivity contribution in [2.24, 2.45) is 0 Å². The molecule has 1 saturated heterocycles. The Morgan fingerprint density at radius 3 is 2.76 bits per heavy atom. The van der Waals surface area contributed by atoms with E-state index in [1.54, 1.807) is 7.11 Å². The molecule has 0 aromatic carbocycles. The Hall–Kier alpha value is -0.880. The molecule has 0 spiro atoms.